The van der Waals surface area contributed by atoms with Crippen LogP contribution in [0.25, 0.3) is 0 Å². The van der Waals surface area contributed by atoms with Crippen LogP contribution in [-0.2, 0) is 0 Å². The maximum absolute atomic E-state index is 11.9. The number of hydrogen-bond acceptors (Lipinski definition) is 4. The fourth-order valence-electron chi connectivity index (χ4n) is 1.98. The van der Waals surface area contributed by atoms with Crippen LogP contribution in [0.1, 0.15) is 29.6 Å². The molecule has 1 aromatic rings. The number of methoxy groups -OCH3 is 1. The smallest absolute Gasteiger partial charge is 0.255 e. The van der Waals surface area contributed by atoms with E-state index in [1.807, 2.05) is 0 Å². The molecule has 1 aliphatic carbocycles. The number of carbonyl (C=O) groups excluding carboxylic acids is 1. The molecule has 0 bridgehead atoms. The molecular formula is C13H18N2O3. The van der Waals surface area contributed by atoms with E-state index in [2.05, 4.69) is 5.32 Å². The number of phenols is 1. The lowest BCUT2D eigenvalue weighted by Gasteiger charge is -2.38. The Kier molecular flexibility index (Phi) is 3.43. The van der Waals surface area contributed by atoms with Crippen LogP contribution in [0.5, 0.6) is 11.5 Å². The molecule has 0 aliphatic heterocycles. The zero-order valence-corrected chi connectivity index (χ0v) is 10.4. The van der Waals surface area contributed by atoms with E-state index < -0.39 is 0 Å². The van der Waals surface area contributed by atoms with Gasteiger partial charge in [-0.1, -0.05) is 0 Å². The quantitative estimate of drug-likeness (QED) is 0.744. The lowest BCUT2D eigenvalue weighted by molar-refractivity contribution is 0.0926. The lowest BCUT2D eigenvalue weighted by atomic mass is 9.78. The fraction of sp³-hybridized carbons (Fsp3) is 0.462. The number of nitrogens with two attached hydrogens (primary N) is 1. The van der Waals surface area contributed by atoms with Crippen molar-refractivity contribution in [2.45, 2.75) is 24.8 Å². The second-order valence-corrected chi connectivity index (χ2v) is 4.78. The van der Waals surface area contributed by atoms with Gasteiger partial charge in [-0.2, -0.15) is 0 Å². The Labute approximate surface area is 106 Å². The second-order valence-electron chi connectivity index (χ2n) is 4.78. The topological polar surface area (TPSA) is 84.6 Å². The molecule has 0 radical (unpaired) electrons. The van der Waals surface area contributed by atoms with Crippen molar-refractivity contribution in [3.8, 4) is 11.5 Å². The van der Waals surface area contributed by atoms with Gasteiger partial charge < -0.3 is 20.9 Å². The summed E-state index contributed by atoms with van der Waals surface area (Å²) in [6, 6.07) is 4.55. The summed E-state index contributed by atoms with van der Waals surface area (Å²) in [4.78, 5) is 11.9. The SMILES string of the molecule is COc1ccc(O)c(C(=O)NCC2(N)CCC2)c1. The Balaban J connectivity index is 2.03. The van der Waals surface area contributed by atoms with Crippen molar-refractivity contribution in [2.75, 3.05) is 13.7 Å². The van der Waals surface area contributed by atoms with Gasteiger partial charge in [0.2, 0.25) is 0 Å². The molecule has 5 nitrogen and oxygen atoms in total. The summed E-state index contributed by atoms with van der Waals surface area (Å²) in [6.45, 7) is 0.433. The third-order valence-corrected chi connectivity index (χ3v) is 3.40. The monoisotopic (exact) mass is 250 g/mol. The number of carbonyl (C=O) groups is 1. The molecule has 0 aromatic heterocycles. The molecule has 5 heteroatoms. The summed E-state index contributed by atoms with van der Waals surface area (Å²) < 4.78 is 5.02. The van der Waals surface area contributed by atoms with E-state index in [-0.39, 0.29) is 22.8 Å². The molecule has 1 amide bonds. The minimum Gasteiger partial charge on any atom is -0.507 e. The zero-order valence-electron chi connectivity index (χ0n) is 10.4. The number of benzene rings is 1. The lowest BCUT2D eigenvalue weighted by Crippen LogP contribution is -2.54. The highest BCUT2D eigenvalue weighted by molar-refractivity contribution is 5.97. The average molecular weight is 250 g/mol. The van der Waals surface area contributed by atoms with Gasteiger partial charge >= 0.3 is 0 Å². The number of phenolic OH excluding ortho intramolecular Hbond substituents is 1. The van der Waals surface area contributed by atoms with Gasteiger partial charge in [0.1, 0.15) is 11.5 Å². The summed E-state index contributed by atoms with van der Waals surface area (Å²) in [5.41, 5.74) is 5.95. The first-order valence-corrected chi connectivity index (χ1v) is 5.98. The minimum absolute atomic E-state index is 0.0621. The Hall–Kier alpha value is -1.75. The molecule has 1 aromatic carbocycles. The third kappa shape index (κ3) is 2.56. The van der Waals surface area contributed by atoms with Crippen LogP contribution >= 0.6 is 0 Å². The molecule has 0 heterocycles. The van der Waals surface area contributed by atoms with Crippen molar-refractivity contribution < 1.29 is 14.6 Å². The number of amides is 1. The van der Waals surface area contributed by atoms with E-state index in [4.69, 9.17) is 10.5 Å². The molecule has 1 aliphatic rings. The van der Waals surface area contributed by atoms with E-state index >= 15 is 0 Å². The van der Waals surface area contributed by atoms with Crippen molar-refractivity contribution in [3.05, 3.63) is 23.8 Å². The summed E-state index contributed by atoms with van der Waals surface area (Å²) in [6.07, 6.45) is 2.96. The first-order valence-electron chi connectivity index (χ1n) is 5.98. The molecule has 0 unspecified atom stereocenters. The highest BCUT2D eigenvalue weighted by Crippen LogP contribution is 2.28. The molecule has 18 heavy (non-hydrogen) atoms. The maximum Gasteiger partial charge on any atom is 0.255 e. The van der Waals surface area contributed by atoms with Crippen LogP contribution in [0.3, 0.4) is 0 Å². The van der Waals surface area contributed by atoms with Crippen LogP contribution in [0.15, 0.2) is 18.2 Å². The minimum atomic E-state index is -0.330. The van der Waals surface area contributed by atoms with Crippen molar-refractivity contribution in [3.63, 3.8) is 0 Å². The average Bonchev–Trinajstić information content (AvgIpc) is 2.34. The second kappa shape index (κ2) is 4.86. The molecule has 98 valence electrons. The zero-order chi connectivity index (χ0) is 13.2. The van der Waals surface area contributed by atoms with Crippen molar-refractivity contribution >= 4 is 5.91 Å². The summed E-state index contributed by atoms with van der Waals surface area (Å²) in [7, 11) is 1.51. The molecule has 1 fully saturated rings. The van der Waals surface area contributed by atoms with Crippen molar-refractivity contribution in [1.82, 2.24) is 5.32 Å². The van der Waals surface area contributed by atoms with Crippen molar-refractivity contribution in [2.24, 2.45) is 5.73 Å². The molecule has 0 saturated heterocycles. The predicted octanol–water partition coefficient (Wildman–Crippen LogP) is 1.01. The van der Waals surface area contributed by atoms with Crippen molar-refractivity contribution in [1.29, 1.82) is 0 Å². The van der Waals surface area contributed by atoms with Gasteiger partial charge in [0.25, 0.3) is 5.91 Å². The molecule has 2 rings (SSSR count). The van der Waals surface area contributed by atoms with E-state index in [1.54, 1.807) is 6.07 Å². The van der Waals surface area contributed by atoms with Crippen LogP contribution in [0, 0.1) is 0 Å². The molecule has 0 spiro atoms. The third-order valence-electron chi connectivity index (χ3n) is 3.40. The van der Waals surface area contributed by atoms with Gasteiger partial charge in [-0.25, -0.2) is 0 Å². The molecular weight excluding hydrogens is 232 g/mol. The number of nitrogens with one attached hydrogen (secondary N) is 1. The van der Waals surface area contributed by atoms with Gasteiger partial charge in [0.15, 0.2) is 0 Å². The van der Waals surface area contributed by atoms with Gasteiger partial charge in [-0.3, -0.25) is 4.79 Å². The first kappa shape index (κ1) is 12.7. The van der Waals surface area contributed by atoms with E-state index in [9.17, 15) is 9.90 Å². The first-order chi connectivity index (χ1) is 8.54. The van der Waals surface area contributed by atoms with E-state index in [0.717, 1.165) is 19.3 Å². The number of ether oxygens (including phenoxy) is 1. The Bertz CT molecular complexity index is 456. The summed E-state index contributed by atoms with van der Waals surface area (Å²) in [5.74, 6) is 0.139. The maximum atomic E-state index is 11.9. The largest absolute Gasteiger partial charge is 0.507 e. The number of rotatable bonds is 4. The molecule has 0 atom stereocenters. The highest BCUT2D eigenvalue weighted by atomic mass is 16.5. The summed E-state index contributed by atoms with van der Waals surface area (Å²) >= 11 is 0. The van der Waals surface area contributed by atoms with Crippen LogP contribution < -0.4 is 15.8 Å². The van der Waals surface area contributed by atoms with Gasteiger partial charge in [-0.15, -0.1) is 0 Å². The van der Waals surface area contributed by atoms with Crippen LogP contribution in [0.2, 0.25) is 0 Å². The summed E-state index contributed by atoms with van der Waals surface area (Å²) in [5, 5.41) is 12.4. The van der Waals surface area contributed by atoms with Gasteiger partial charge in [0.05, 0.1) is 12.7 Å². The van der Waals surface area contributed by atoms with Gasteiger partial charge in [0, 0.05) is 12.1 Å². The number of hydrogen-bond donors (Lipinski definition) is 3. The van der Waals surface area contributed by atoms with E-state index in [0.29, 0.717) is 12.3 Å². The predicted molar refractivity (Wildman–Crippen MR) is 67.8 cm³/mol. The Morgan fingerprint density at radius 3 is 2.83 bits per heavy atom. The van der Waals surface area contributed by atoms with Crippen LogP contribution in [0.4, 0.5) is 0 Å². The number of aromatic hydroxyl groups is 1. The Morgan fingerprint density at radius 2 is 2.28 bits per heavy atom. The van der Waals surface area contributed by atoms with Gasteiger partial charge in [-0.05, 0) is 37.5 Å². The standard InChI is InChI=1S/C13H18N2O3/c1-18-9-3-4-11(16)10(7-9)12(17)15-8-13(14)5-2-6-13/h3-4,7,16H,2,5-6,8,14H2,1H3,(H,15,17). The normalized spacial score (nSPS) is 16.8. The highest BCUT2D eigenvalue weighted by Gasteiger charge is 2.32. The fourth-order valence-corrected chi connectivity index (χ4v) is 1.98. The van der Waals surface area contributed by atoms with E-state index in [1.165, 1.54) is 19.2 Å². The molecule has 1 saturated carbocycles. The Morgan fingerprint density at radius 1 is 1.56 bits per heavy atom. The van der Waals surface area contributed by atoms with Crippen LogP contribution in [-0.4, -0.2) is 30.2 Å². The molecule has 4 N–H and O–H groups in total.